The molecule has 0 heterocycles. The molecule has 0 rings (SSSR count). The van der Waals surface area contributed by atoms with Gasteiger partial charge in [0.2, 0.25) is 0 Å². The molecule has 0 saturated carbocycles. The van der Waals surface area contributed by atoms with Crippen LogP contribution in [0.4, 0.5) is 0 Å². The van der Waals surface area contributed by atoms with Crippen molar-refractivity contribution in [2.24, 2.45) is 0 Å². The van der Waals surface area contributed by atoms with E-state index in [2.05, 4.69) is 6.92 Å². The molecule has 1 atom stereocenters. The molecule has 0 aliphatic heterocycles. The third kappa shape index (κ3) is 14.1. The third-order valence-electron chi connectivity index (χ3n) is 3.92. The van der Waals surface area contributed by atoms with Crippen LogP contribution in [0.25, 0.3) is 0 Å². The van der Waals surface area contributed by atoms with E-state index in [9.17, 15) is 5.21 Å². The van der Waals surface area contributed by atoms with Gasteiger partial charge in [0.05, 0.1) is 12.6 Å². The van der Waals surface area contributed by atoms with Crippen LogP contribution in [0.5, 0.6) is 0 Å². The standard InChI is InChI=1S/C17H37NO/c1-4-5-6-7-8-9-10-11-12-13-14-15-16-18(19)17(2)3/h17-18H,4-16H2,1-3H3. The average Bonchev–Trinajstić information content (AvgIpc) is 2.39. The van der Waals surface area contributed by atoms with Gasteiger partial charge in [-0.15, -0.1) is 0 Å². The normalized spacial score (nSPS) is 13.1. The van der Waals surface area contributed by atoms with Crippen LogP contribution in [0.1, 0.15) is 97.8 Å². The zero-order valence-electron chi connectivity index (χ0n) is 13.7. The lowest BCUT2D eigenvalue weighted by molar-refractivity contribution is -0.871. The van der Waals surface area contributed by atoms with Crippen molar-refractivity contribution in [1.82, 2.24) is 0 Å². The van der Waals surface area contributed by atoms with Crippen LogP contribution < -0.4 is 5.06 Å². The van der Waals surface area contributed by atoms with Crippen LogP contribution in [-0.2, 0) is 0 Å². The fourth-order valence-corrected chi connectivity index (χ4v) is 2.43. The molecule has 0 saturated heterocycles. The van der Waals surface area contributed by atoms with E-state index in [1.54, 1.807) is 0 Å². The molecule has 0 aliphatic carbocycles. The van der Waals surface area contributed by atoms with E-state index in [4.69, 9.17) is 0 Å². The summed E-state index contributed by atoms with van der Waals surface area (Å²) in [5.74, 6) is 0. The Kier molecular flexibility index (Phi) is 14.3. The molecule has 0 aliphatic rings. The first kappa shape index (κ1) is 18.9. The summed E-state index contributed by atoms with van der Waals surface area (Å²) in [5, 5.41) is 11.9. The first-order valence-electron chi connectivity index (χ1n) is 8.71. The van der Waals surface area contributed by atoms with Gasteiger partial charge in [-0.2, -0.15) is 0 Å². The van der Waals surface area contributed by atoms with Crippen molar-refractivity contribution in [3.05, 3.63) is 5.21 Å². The Hall–Kier alpha value is -0.0800. The summed E-state index contributed by atoms with van der Waals surface area (Å²) in [4.78, 5) is 0. The SMILES string of the molecule is CCCCCCCCCCCCCC[NH+]([O-])C(C)C. The number of quaternary nitrogens is 1. The Bertz CT molecular complexity index is 171. The molecule has 0 fully saturated rings. The van der Waals surface area contributed by atoms with Gasteiger partial charge in [0.1, 0.15) is 0 Å². The van der Waals surface area contributed by atoms with E-state index in [1.807, 2.05) is 13.8 Å². The Labute approximate surface area is 121 Å². The quantitative estimate of drug-likeness (QED) is 0.366. The molecule has 0 amide bonds. The maximum absolute atomic E-state index is 11.4. The molecule has 0 spiro atoms. The number of nitrogens with one attached hydrogen (secondary N) is 1. The molecule has 19 heavy (non-hydrogen) atoms. The smallest absolute Gasteiger partial charge is 0.0814 e. The van der Waals surface area contributed by atoms with E-state index < -0.39 is 0 Å². The minimum absolute atomic E-state index is 0.229. The minimum Gasteiger partial charge on any atom is -0.634 e. The Morgan fingerprint density at radius 3 is 1.42 bits per heavy atom. The van der Waals surface area contributed by atoms with Crippen LogP contribution in [-0.4, -0.2) is 12.6 Å². The summed E-state index contributed by atoms with van der Waals surface area (Å²) in [6, 6.07) is 0.229. The van der Waals surface area contributed by atoms with Crippen molar-refractivity contribution in [2.45, 2.75) is 104 Å². The molecular weight excluding hydrogens is 234 g/mol. The van der Waals surface area contributed by atoms with Gasteiger partial charge in [0.15, 0.2) is 0 Å². The molecule has 2 heteroatoms. The first-order valence-corrected chi connectivity index (χ1v) is 8.71. The Morgan fingerprint density at radius 1 is 0.684 bits per heavy atom. The number of hydrogen-bond acceptors (Lipinski definition) is 1. The van der Waals surface area contributed by atoms with Gasteiger partial charge < -0.3 is 10.3 Å². The summed E-state index contributed by atoms with van der Waals surface area (Å²) in [7, 11) is 0. The molecule has 0 radical (unpaired) electrons. The van der Waals surface area contributed by atoms with Crippen LogP contribution in [0.3, 0.4) is 0 Å². The summed E-state index contributed by atoms with van der Waals surface area (Å²) in [6.07, 6.45) is 16.3. The van der Waals surface area contributed by atoms with Crippen molar-refractivity contribution < 1.29 is 5.06 Å². The van der Waals surface area contributed by atoms with Gasteiger partial charge in [-0.1, -0.05) is 71.1 Å². The van der Waals surface area contributed by atoms with Gasteiger partial charge in [-0.3, -0.25) is 0 Å². The van der Waals surface area contributed by atoms with Crippen molar-refractivity contribution in [3.63, 3.8) is 0 Å². The summed E-state index contributed by atoms with van der Waals surface area (Å²) < 4.78 is 0. The lowest BCUT2D eigenvalue weighted by Gasteiger charge is -2.26. The Balaban J connectivity index is 3.03. The maximum Gasteiger partial charge on any atom is 0.0814 e. The first-order chi connectivity index (χ1) is 9.18. The summed E-state index contributed by atoms with van der Waals surface area (Å²) in [6.45, 7) is 7.08. The second-order valence-electron chi connectivity index (χ2n) is 6.26. The van der Waals surface area contributed by atoms with E-state index in [1.165, 1.54) is 70.6 Å². The predicted octanol–water partition coefficient (Wildman–Crippen LogP) is 4.48. The molecule has 0 aromatic heterocycles. The highest BCUT2D eigenvalue weighted by Gasteiger charge is 2.01. The second kappa shape index (κ2) is 14.3. The van der Waals surface area contributed by atoms with Crippen molar-refractivity contribution >= 4 is 0 Å². The van der Waals surface area contributed by atoms with Gasteiger partial charge >= 0.3 is 0 Å². The zero-order chi connectivity index (χ0) is 14.3. The minimum atomic E-state index is 0.229. The van der Waals surface area contributed by atoms with Crippen LogP contribution in [0.15, 0.2) is 0 Å². The highest BCUT2D eigenvalue weighted by atomic mass is 16.5. The number of hydroxylamine groups is 2. The average molecular weight is 271 g/mol. The second-order valence-corrected chi connectivity index (χ2v) is 6.26. The zero-order valence-corrected chi connectivity index (χ0v) is 13.7. The van der Waals surface area contributed by atoms with E-state index >= 15 is 0 Å². The van der Waals surface area contributed by atoms with Crippen molar-refractivity contribution in [3.8, 4) is 0 Å². The van der Waals surface area contributed by atoms with Crippen LogP contribution >= 0.6 is 0 Å². The summed E-state index contributed by atoms with van der Waals surface area (Å²) >= 11 is 0. The maximum atomic E-state index is 11.4. The van der Waals surface area contributed by atoms with E-state index in [0.29, 0.717) is 5.06 Å². The van der Waals surface area contributed by atoms with Gasteiger partial charge in [0, 0.05) is 0 Å². The van der Waals surface area contributed by atoms with E-state index in [0.717, 1.165) is 13.0 Å². The molecule has 0 aromatic carbocycles. The number of rotatable bonds is 14. The molecule has 116 valence electrons. The topological polar surface area (TPSA) is 27.5 Å². The largest absolute Gasteiger partial charge is 0.634 e. The molecular formula is C17H37NO. The summed E-state index contributed by atoms with van der Waals surface area (Å²) in [5.41, 5.74) is 0. The van der Waals surface area contributed by atoms with Gasteiger partial charge in [0.25, 0.3) is 0 Å². The van der Waals surface area contributed by atoms with Gasteiger partial charge in [-0.25, -0.2) is 0 Å². The lowest BCUT2D eigenvalue weighted by Crippen LogP contribution is -3.10. The predicted molar refractivity (Wildman–Crippen MR) is 85.4 cm³/mol. The van der Waals surface area contributed by atoms with Crippen LogP contribution in [0, 0.1) is 5.21 Å². The van der Waals surface area contributed by atoms with Crippen molar-refractivity contribution in [1.29, 1.82) is 0 Å². The molecule has 2 nitrogen and oxygen atoms in total. The fourth-order valence-electron chi connectivity index (χ4n) is 2.43. The molecule has 0 bridgehead atoms. The number of unbranched alkanes of at least 4 members (excludes halogenated alkanes) is 11. The van der Waals surface area contributed by atoms with Crippen LogP contribution in [0.2, 0.25) is 0 Å². The molecule has 0 aromatic rings. The molecule has 1 N–H and O–H groups in total. The fraction of sp³-hybridized carbons (Fsp3) is 1.00. The molecule has 1 unspecified atom stereocenters. The highest BCUT2D eigenvalue weighted by molar-refractivity contribution is 4.48. The monoisotopic (exact) mass is 271 g/mol. The van der Waals surface area contributed by atoms with Crippen molar-refractivity contribution in [2.75, 3.05) is 6.54 Å². The van der Waals surface area contributed by atoms with Gasteiger partial charge in [-0.05, 0) is 26.7 Å². The highest BCUT2D eigenvalue weighted by Crippen LogP contribution is 2.11. The lowest BCUT2D eigenvalue weighted by atomic mass is 10.1. The number of hydrogen-bond donors (Lipinski definition) is 1. The Morgan fingerprint density at radius 2 is 1.05 bits per heavy atom. The van der Waals surface area contributed by atoms with E-state index in [-0.39, 0.29) is 6.04 Å². The third-order valence-corrected chi connectivity index (χ3v) is 3.92.